The number of rotatable bonds is 5. The van der Waals surface area contributed by atoms with Gasteiger partial charge in [0.15, 0.2) is 6.61 Å². The molecule has 0 bridgehead atoms. The quantitative estimate of drug-likeness (QED) is 0.603. The first-order valence-electron chi connectivity index (χ1n) is 8.48. The number of nitrogen functional groups attached to an aromatic ring is 1. The number of carbonyl (C=O) groups is 2. The molecule has 2 aromatic carbocycles. The summed E-state index contributed by atoms with van der Waals surface area (Å²) in [7, 11) is 0. The highest BCUT2D eigenvalue weighted by atomic mass is 35.5. The monoisotopic (exact) mass is 389 g/mol. The van der Waals surface area contributed by atoms with Gasteiger partial charge in [-0.3, -0.25) is 4.79 Å². The predicted octanol–water partition coefficient (Wildman–Crippen LogP) is 2.55. The maximum Gasteiger partial charge on any atom is 0.340 e. The average molecular weight is 390 g/mol. The Labute approximate surface area is 162 Å². The minimum absolute atomic E-state index is 0.169. The molecule has 1 saturated heterocycles. The highest BCUT2D eigenvalue weighted by Gasteiger charge is 2.14. The lowest BCUT2D eigenvalue weighted by Crippen LogP contribution is -2.36. The number of carbonyl (C=O) groups excluding carboxylic acids is 2. The van der Waals surface area contributed by atoms with Crippen LogP contribution in [0.2, 0.25) is 5.02 Å². The molecule has 0 spiro atoms. The van der Waals surface area contributed by atoms with Crippen LogP contribution in [-0.4, -0.2) is 44.8 Å². The van der Waals surface area contributed by atoms with Crippen LogP contribution in [0.3, 0.4) is 0 Å². The lowest BCUT2D eigenvalue weighted by Gasteiger charge is -2.28. The predicted molar refractivity (Wildman–Crippen MR) is 104 cm³/mol. The molecule has 0 aliphatic carbocycles. The van der Waals surface area contributed by atoms with Crippen LogP contribution in [0.15, 0.2) is 42.5 Å². The molecule has 7 nitrogen and oxygen atoms in total. The molecule has 3 rings (SSSR count). The van der Waals surface area contributed by atoms with Crippen LogP contribution in [-0.2, 0) is 14.3 Å². The van der Waals surface area contributed by atoms with E-state index in [0.717, 1.165) is 18.8 Å². The molecule has 1 aliphatic rings. The van der Waals surface area contributed by atoms with Gasteiger partial charge in [0.05, 0.1) is 18.8 Å². The van der Waals surface area contributed by atoms with Crippen LogP contribution in [0.4, 0.5) is 17.1 Å². The van der Waals surface area contributed by atoms with Crippen molar-refractivity contribution in [2.24, 2.45) is 0 Å². The van der Waals surface area contributed by atoms with Crippen molar-refractivity contribution in [3.63, 3.8) is 0 Å². The van der Waals surface area contributed by atoms with Gasteiger partial charge in [0.25, 0.3) is 5.91 Å². The molecule has 1 fully saturated rings. The minimum atomic E-state index is -0.679. The van der Waals surface area contributed by atoms with Crippen LogP contribution >= 0.6 is 11.6 Å². The molecular weight excluding hydrogens is 370 g/mol. The second-order valence-electron chi connectivity index (χ2n) is 6.00. The fraction of sp³-hybridized carbons (Fsp3) is 0.263. The van der Waals surface area contributed by atoms with Crippen LogP contribution in [0.1, 0.15) is 10.4 Å². The Kier molecular flexibility index (Phi) is 6.16. The van der Waals surface area contributed by atoms with E-state index < -0.39 is 18.5 Å². The van der Waals surface area contributed by atoms with Gasteiger partial charge < -0.3 is 25.4 Å². The number of esters is 1. The maximum atomic E-state index is 12.0. The summed E-state index contributed by atoms with van der Waals surface area (Å²) in [6, 6.07) is 11.9. The molecule has 0 aromatic heterocycles. The molecule has 0 radical (unpaired) electrons. The Balaban J connectivity index is 1.50. The smallest absolute Gasteiger partial charge is 0.340 e. The van der Waals surface area contributed by atoms with Crippen LogP contribution in [0, 0.1) is 0 Å². The molecular formula is C19H20ClN3O4. The number of amides is 1. The van der Waals surface area contributed by atoms with E-state index in [1.807, 2.05) is 24.3 Å². The first kappa shape index (κ1) is 19.0. The third-order valence-corrected chi connectivity index (χ3v) is 4.33. The second kappa shape index (κ2) is 8.75. The number of nitrogens with two attached hydrogens (primary N) is 1. The normalized spacial score (nSPS) is 13.9. The fourth-order valence-corrected chi connectivity index (χ4v) is 2.88. The first-order chi connectivity index (χ1) is 13.0. The average Bonchev–Trinajstić information content (AvgIpc) is 2.67. The highest BCUT2D eigenvalue weighted by Crippen LogP contribution is 2.20. The van der Waals surface area contributed by atoms with Crippen molar-refractivity contribution < 1.29 is 19.1 Å². The van der Waals surface area contributed by atoms with Crippen LogP contribution < -0.4 is 16.0 Å². The SMILES string of the molecule is Nc1cc(Cl)ccc1C(=O)OCC(=O)Nc1ccc(N2CCOCC2)cc1. The lowest BCUT2D eigenvalue weighted by molar-refractivity contribution is -0.119. The molecule has 3 N–H and O–H groups in total. The largest absolute Gasteiger partial charge is 0.452 e. The number of ether oxygens (including phenoxy) is 2. The Morgan fingerprint density at radius 3 is 2.52 bits per heavy atom. The molecule has 1 heterocycles. The number of nitrogens with one attached hydrogen (secondary N) is 1. The number of nitrogens with zero attached hydrogens (tertiary/aromatic N) is 1. The molecule has 0 saturated carbocycles. The Morgan fingerprint density at radius 2 is 1.85 bits per heavy atom. The van der Waals surface area contributed by atoms with E-state index in [4.69, 9.17) is 26.8 Å². The summed E-state index contributed by atoms with van der Waals surface area (Å²) >= 11 is 5.79. The maximum absolute atomic E-state index is 12.0. The molecule has 8 heteroatoms. The number of halogens is 1. The van der Waals surface area contributed by atoms with Crippen molar-refractivity contribution in [3.05, 3.63) is 53.1 Å². The molecule has 142 valence electrons. The summed E-state index contributed by atoms with van der Waals surface area (Å²) < 4.78 is 10.3. The molecule has 27 heavy (non-hydrogen) atoms. The molecule has 2 aromatic rings. The van der Waals surface area contributed by atoms with E-state index in [2.05, 4.69) is 10.2 Å². The van der Waals surface area contributed by atoms with E-state index in [9.17, 15) is 9.59 Å². The second-order valence-corrected chi connectivity index (χ2v) is 6.44. The van der Waals surface area contributed by atoms with Crippen molar-refractivity contribution in [2.45, 2.75) is 0 Å². The zero-order chi connectivity index (χ0) is 19.2. The van der Waals surface area contributed by atoms with Gasteiger partial charge in [-0.15, -0.1) is 0 Å². The Hall–Kier alpha value is -2.77. The van der Waals surface area contributed by atoms with Gasteiger partial charge in [0.2, 0.25) is 0 Å². The van der Waals surface area contributed by atoms with E-state index in [1.54, 1.807) is 0 Å². The van der Waals surface area contributed by atoms with Gasteiger partial charge in [-0.1, -0.05) is 11.6 Å². The number of hydrogen-bond acceptors (Lipinski definition) is 6. The Morgan fingerprint density at radius 1 is 1.15 bits per heavy atom. The number of morpholine rings is 1. The van der Waals surface area contributed by atoms with Crippen molar-refractivity contribution in [1.82, 2.24) is 0 Å². The van der Waals surface area contributed by atoms with E-state index in [1.165, 1.54) is 18.2 Å². The van der Waals surface area contributed by atoms with Gasteiger partial charge in [-0.05, 0) is 42.5 Å². The van der Waals surface area contributed by atoms with Gasteiger partial charge in [-0.25, -0.2) is 4.79 Å². The zero-order valence-electron chi connectivity index (χ0n) is 14.6. The highest BCUT2D eigenvalue weighted by molar-refractivity contribution is 6.31. The van der Waals surface area contributed by atoms with Crippen LogP contribution in [0.5, 0.6) is 0 Å². The standard InChI is InChI=1S/C19H20ClN3O4/c20-13-1-6-16(17(21)11-13)19(25)27-12-18(24)22-14-2-4-15(5-3-14)23-7-9-26-10-8-23/h1-6,11H,7-10,12,21H2,(H,22,24). The van der Waals surface area contributed by atoms with Crippen molar-refractivity contribution in [3.8, 4) is 0 Å². The molecule has 1 amide bonds. The topological polar surface area (TPSA) is 93.9 Å². The van der Waals surface area contributed by atoms with Crippen molar-refractivity contribution in [1.29, 1.82) is 0 Å². The molecule has 0 atom stereocenters. The van der Waals surface area contributed by atoms with Crippen molar-refractivity contribution in [2.75, 3.05) is 48.9 Å². The van der Waals surface area contributed by atoms with E-state index in [0.29, 0.717) is 23.9 Å². The van der Waals surface area contributed by atoms with Gasteiger partial charge in [0, 0.05) is 35.2 Å². The summed E-state index contributed by atoms with van der Waals surface area (Å²) in [6.45, 7) is 2.70. The summed E-state index contributed by atoms with van der Waals surface area (Å²) in [4.78, 5) is 26.2. The fourth-order valence-electron chi connectivity index (χ4n) is 2.70. The number of hydrogen-bond donors (Lipinski definition) is 2. The Bertz CT molecular complexity index is 820. The summed E-state index contributed by atoms with van der Waals surface area (Å²) in [5, 5.41) is 3.11. The summed E-state index contributed by atoms with van der Waals surface area (Å²) in [6.07, 6.45) is 0. The minimum Gasteiger partial charge on any atom is -0.452 e. The van der Waals surface area contributed by atoms with E-state index >= 15 is 0 Å². The summed E-state index contributed by atoms with van der Waals surface area (Å²) in [5.41, 5.74) is 7.79. The van der Waals surface area contributed by atoms with E-state index in [-0.39, 0.29) is 11.3 Å². The third kappa shape index (κ3) is 5.12. The van der Waals surface area contributed by atoms with Gasteiger partial charge in [0.1, 0.15) is 0 Å². The number of anilines is 3. The number of benzene rings is 2. The van der Waals surface area contributed by atoms with Gasteiger partial charge >= 0.3 is 5.97 Å². The molecule has 0 unspecified atom stereocenters. The molecule has 1 aliphatic heterocycles. The zero-order valence-corrected chi connectivity index (χ0v) is 15.4. The first-order valence-corrected chi connectivity index (χ1v) is 8.85. The lowest BCUT2D eigenvalue weighted by atomic mass is 10.2. The summed E-state index contributed by atoms with van der Waals surface area (Å²) in [5.74, 6) is -1.11. The van der Waals surface area contributed by atoms with Crippen molar-refractivity contribution >= 4 is 40.5 Å². The van der Waals surface area contributed by atoms with Crippen LogP contribution in [0.25, 0.3) is 0 Å². The third-order valence-electron chi connectivity index (χ3n) is 4.10. The van der Waals surface area contributed by atoms with Gasteiger partial charge in [-0.2, -0.15) is 0 Å².